The average Bonchev–Trinajstić information content (AvgIpc) is 2.93. The van der Waals surface area contributed by atoms with Crippen LogP contribution in [-0.4, -0.2) is 44.8 Å². The van der Waals surface area contributed by atoms with Crippen LogP contribution in [0, 0.1) is 0 Å². The van der Waals surface area contributed by atoms with Gasteiger partial charge in [0.25, 0.3) is 0 Å². The minimum atomic E-state index is 0. The molecular formula is C16H25IN4O. The van der Waals surface area contributed by atoms with Crippen molar-refractivity contribution in [2.24, 2.45) is 4.99 Å². The van der Waals surface area contributed by atoms with Gasteiger partial charge in [0.05, 0.1) is 0 Å². The molecule has 1 aromatic heterocycles. The number of benzene rings is 1. The Bertz CT molecular complexity index is 582. The number of hydrogen-bond donors (Lipinski definition) is 3. The van der Waals surface area contributed by atoms with Crippen LogP contribution in [0.4, 0.5) is 0 Å². The van der Waals surface area contributed by atoms with Crippen LogP contribution < -0.4 is 10.6 Å². The summed E-state index contributed by atoms with van der Waals surface area (Å²) in [5, 5.41) is 7.90. The third-order valence-electron chi connectivity index (χ3n) is 3.40. The van der Waals surface area contributed by atoms with Crippen molar-refractivity contribution in [1.29, 1.82) is 0 Å². The number of hydrogen-bond acceptors (Lipinski definition) is 2. The maximum absolute atomic E-state index is 5.02. The molecule has 0 saturated heterocycles. The van der Waals surface area contributed by atoms with E-state index >= 15 is 0 Å². The van der Waals surface area contributed by atoms with Crippen LogP contribution in [0.15, 0.2) is 35.5 Å². The lowest BCUT2D eigenvalue weighted by molar-refractivity contribution is 0.195. The zero-order valence-electron chi connectivity index (χ0n) is 13.2. The molecule has 3 N–H and O–H groups in total. The molecule has 0 atom stereocenters. The molecule has 0 bridgehead atoms. The largest absolute Gasteiger partial charge is 0.385 e. The molecule has 6 heteroatoms. The number of methoxy groups -OCH3 is 1. The molecule has 0 saturated carbocycles. The van der Waals surface area contributed by atoms with Crippen molar-refractivity contribution in [2.45, 2.75) is 12.8 Å². The number of H-pyrrole nitrogens is 1. The van der Waals surface area contributed by atoms with E-state index in [0.717, 1.165) is 38.5 Å². The second-order valence-electron chi connectivity index (χ2n) is 4.88. The van der Waals surface area contributed by atoms with Gasteiger partial charge in [0.1, 0.15) is 0 Å². The Balaban J connectivity index is 0.00000242. The fraction of sp³-hybridized carbons (Fsp3) is 0.438. The predicted octanol–water partition coefficient (Wildman–Crippen LogP) is 2.53. The number of ether oxygens (including phenoxy) is 1. The highest BCUT2D eigenvalue weighted by Crippen LogP contribution is 2.17. The molecule has 122 valence electrons. The summed E-state index contributed by atoms with van der Waals surface area (Å²) >= 11 is 0. The molecule has 1 aromatic carbocycles. The van der Waals surface area contributed by atoms with Crippen molar-refractivity contribution in [3.8, 4) is 0 Å². The van der Waals surface area contributed by atoms with Gasteiger partial charge >= 0.3 is 0 Å². The minimum absolute atomic E-state index is 0. The van der Waals surface area contributed by atoms with Gasteiger partial charge in [0, 0.05) is 51.0 Å². The zero-order chi connectivity index (χ0) is 14.9. The number of aliphatic imine (C=N–C) groups is 1. The van der Waals surface area contributed by atoms with Crippen molar-refractivity contribution in [2.75, 3.05) is 33.9 Å². The highest BCUT2D eigenvalue weighted by molar-refractivity contribution is 14.0. The topological polar surface area (TPSA) is 61.4 Å². The molecule has 0 aliphatic carbocycles. The Morgan fingerprint density at radius 1 is 1.23 bits per heavy atom. The smallest absolute Gasteiger partial charge is 0.190 e. The standard InChI is InChI=1S/C16H24N4O.HI/c1-17-16(18-9-5-11-21-2)19-10-8-13-12-20-15-7-4-3-6-14(13)15;/h3-4,6-7,12,20H,5,8-11H2,1-2H3,(H2,17,18,19);1H. The number of nitrogens with zero attached hydrogens (tertiary/aromatic N) is 1. The van der Waals surface area contributed by atoms with E-state index in [-0.39, 0.29) is 24.0 Å². The summed E-state index contributed by atoms with van der Waals surface area (Å²) in [5.41, 5.74) is 2.52. The quantitative estimate of drug-likeness (QED) is 0.281. The third kappa shape index (κ3) is 5.49. The van der Waals surface area contributed by atoms with Crippen molar-refractivity contribution in [3.05, 3.63) is 36.0 Å². The normalized spacial score (nSPS) is 11.3. The van der Waals surface area contributed by atoms with Crippen LogP contribution in [0.2, 0.25) is 0 Å². The van der Waals surface area contributed by atoms with Gasteiger partial charge in [-0.05, 0) is 24.5 Å². The highest BCUT2D eigenvalue weighted by atomic mass is 127. The number of para-hydroxylation sites is 1. The van der Waals surface area contributed by atoms with E-state index in [9.17, 15) is 0 Å². The van der Waals surface area contributed by atoms with E-state index in [1.807, 2.05) is 6.07 Å². The molecule has 0 fully saturated rings. The number of guanidine groups is 1. The van der Waals surface area contributed by atoms with Crippen molar-refractivity contribution in [1.82, 2.24) is 15.6 Å². The third-order valence-corrected chi connectivity index (χ3v) is 3.40. The first-order valence-corrected chi connectivity index (χ1v) is 7.33. The van der Waals surface area contributed by atoms with Gasteiger partial charge in [-0.3, -0.25) is 4.99 Å². The van der Waals surface area contributed by atoms with E-state index in [1.54, 1.807) is 14.2 Å². The Kier molecular flexibility index (Phi) is 8.91. The van der Waals surface area contributed by atoms with Crippen molar-refractivity contribution in [3.63, 3.8) is 0 Å². The number of fused-ring (bicyclic) bond motifs is 1. The van der Waals surface area contributed by atoms with E-state index in [0.29, 0.717) is 0 Å². The Hall–Kier alpha value is -1.28. The van der Waals surface area contributed by atoms with Gasteiger partial charge < -0.3 is 20.4 Å². The van der Waals surface area contributed by atoms with E-state index in [1.165, 1.54) is 16.5 Å². The molecule has 5 nitrogen and oxygen atoms in total. The average molecular weight is 416 g/mol. The molecule has 1 heterocycles. The number of aromatic nitrogens is 1. The highest BCUT2D eigenvalue weighted by Gasteiger charge is 2.03. The molecular weight excluding hydrogens is 391 g/mol. The monoisotopic (exact) mass is 416 g/mol. The second kappa shape index (κ2) is 10.4. The van der Waals surface area contributed by atoms with Crippen LogP contribution in [0.3, 0.4) is 0 Å². The fourth-order valence-corrected chi connectivity index (χ4v) is 2.30. The lowest BCUT2D eigenvalue weighted by Gasteiger charge is -2.11. The lowest BCUT2D eigenvalue weighted by Crippen LogP contribution is -2.38. The van der Waals surface area contributed by atoms with E-state index in [2.05, 4.69) is 45.0 Å². The molecule has 0 spiro atoms. The van der Waals surface area contributed by atoms with E-state index in [4.69, 9.17) is 4.74 Å². The Morgan fingerprint density at radius 3 is 2.77 bits per heavy atom. The summed E-state index contributed by atoms with van der Waals surface area (Å²) in [6.45, 7) is 2.48. The zero-order valence-corrected chi connectivity index (χ0v) is 15.5. The van der Waals surface area contributed by atoms with Gasteiger partial charge in [-0.1, -0.05) is 18.2 Å². The number of nitrogens with one attached hydrogen (secondary N) is 3. The molecule has 0 radical (unpaired) electrons. The molecule has 0 amide bonds. The molecule has 0 aliphatic rings. The van der Waals surface area contributed by atoms with Gasteiger partial charge in [-0.25, -0.2) is 0 Å². The summed E-state index contributed by atoms with van der Waals surface area (Å²) in [6, 6.07) is 8.37. The summed E-state index contributed by atoms with van der Waals surface area (Å²) in [6.07, 6.45) is 4.02. The summed E-state index contributed by atoms with van der Waals surface area (Å²) in [4.78, 5) is 7.51. The molecule has 0 unspecified atom stereocenters. The summed E-state index contributed by atoms with van der Waals surface area (Å²) in [7, 11) is 3.51. The fourth-order valence-electron chi connectivity index (χ4n) is 2.30. The number of rotatable bonds is 7. The molecule has 0 aliphatic heterocycles. The van der Waals surface area contributed by atoms with Gasteiger partial charge in [-0.2, -0.15) is 0 Å². The van der Waals surface area contributed by atoms with Crippen LogP contribution in [0.25, 0.3) is 10.9 Å². The van der Waals surface area contributed by atoms with Crippen molar-refractivity contribution >= 4 is 40.8 Å². The first-order chi connectivity index (χ1) is 10.3. The van der Waals surface area contributed by atoms with Gasteiger partial charge in [-0.15, -0.1) is 24.0 Å². The Labute approximate surface area is 148 Å². The van der Waals surface area contributed by atoms with Gasteiger partial charge in [0.15, 0.2) is 5.96 Å². The predicted molar refractivity (Wildman–Crippen MR) is 103 cm³/mol. The van der Waals surface area contributed by atoms with Gasteiger partial charge in [0.2, 0.25) is 0 Å². The number of halogens is 1. The SMILES string of the molecule is CN=C(NCCCOC)NCCc1c[nH]c2ccccc12.I. The van der Waals surface area contributed by atoms with Crippen LogP contribution in [0.1, 0.15) is 12.0 Å². The first kappa shape index (κ1) is 18.8. The molecule has 22 heavy (non-hydrogen) atoms. The minimum Gasteiger partial charge on any atom is -0.385 e. The Morgan fingerprint density at radius 2 is 2.00 bits per heavy atom. The lowest BCUT2D eigenvalue weighted by atomic mass is 10.1. The van der Waals surface area contributed by atoms with Crippen LogP contribution in [0.5, 0.6) is 0 Å². The number of aromatic amines is 1. The van der Waals surface area contributed by atoms with E-state index < -0.39 is 0 Å². The summed E-state index contributed by atoms with van der Waals surface area (Å²) in [5.74, 6) is 0.839. The maximum atomic E-state index is 5.02. The summed E-state index contributed by atoms with van der Waals surface area (Å²) < 4.78 is 5.02. The molecule has 2 rings (SSSR count). The first-order valence-electron chi connectivity index (χ1n) is 7.33. The second-order valence-corrected chi connectivity index (χ2v) is 4.88. The van der Waals surface area contributed by atoms with Crippen LogP contribution in [-0.2, 0) is 11.2 Å². The van der Waals surface area contributed by atoms with Crippen LogP contribution >= 0.6 is 24.0 Å². The maximum Gasteiger partial charge on any atom is 0.190 e. The van der Waals surface area contributed by atoms with Crippen molar-refractivity contribution < 1.29 is 4.74 Å². The molecule has 2 aromatic rings.